The molecule has 48 heavy (non-hydrogen) atoms. The number of nitrogens with zero attached hydrogens (tertiary/aromatic N) is 2. The van der Waals surface area contributed by atoms with Crippen LogP contribution in [0.15, 0.2) is 51.9 Å². The number of carbonyl (C=O) groups is 1. The molecule has 0 aromatic heterocycles. The fraction of sp³-hybridized carbons (Fsp3) is 0.697. The molecular formula is C33H47FN4O9S. The molecule has 266 valence electrons. The van der Waals surface area contributed by atoms with Gasteiger partial charge in [-0.3, -0.25) is 0 Å². The van der Waals surface area contributed by atoms with Gasteiger partial charge < -0.3 is 39.4 Å². The normalized spacial score (nSPS) is 32.4. The van der Waals surface area contributed by atoms with Gasteiger partial charge in [0.2, 0.25) is 10.0 Å². The monoisotopic (exact) mass is 694 g/mol. The molecule has 0 aromatic rings. The summed E-state index contributed by atoms with van der Waals surface area (Å²) < 4.78 is 72.6. The Hall–Kier alpha value is -2.98. The summed E-state index contributed by atoms with van der Waals surface area (Å²) in [5.74, 6) is -0.594. The van der Waals surface area contributed by atoms with Crippen molar-refractivity contribution in [3.8, 4) is 0 Å². The van der Waals surface area contributed by atoms with Crippen molar-refractivity contribution in [2.24, 2.45) is 28.7 Å². The number of fused-ring (bicyclic) bond motifs is 2. The fourth-order valence-electron chi connectivity index (χ4n) is 7.10. The Morgan fingerprint density at radius 1 is 1.23 bits per heavy atom. The Balaban J connectivity index is 1.17. The van der Waals surface area contributed by atoms with Gasteiger partial charge in [0.05, 0.1) is 37.4 Å². The lowest BCUT2D eigenvalue weighted by Crippen LogP contribution is -2.51. The molecule has 13 nitrogen and oxygen atoms in total. The number of alkyl carbamates (subject to hydrolysis) is 1. The van der Waals surface area contributed by atoms with Gasteiger partial charge in [0.1, 0.15) is 24.0 Å². The van der Waals surface area contributed by atoms with Crippen molar-refractivity contribution in [3.05, 3.63) is 46.9 Å². The Kier molecular flexibility index (Phi) is 10.5. The number of rotatable bonds is 14. The Morgan fingerprint density at radius 2 is 2.00 bits per heavy atom. The van der Waals surface area contributed by atoms with Crippen LogP contribution in [-0.4, -0.2) is 106 Å². The minimum absolute atomic E-state index is 0.00540. The molecule has 3 N–H and O–H groups in total. The van der Waals surface area contributed by atoms with Crippen LogP contribution in [0.25, 0.3) is 0 Å². The van der Waals surface area contributed by atoms with Crippen LogP contribution in [0.4, 0.5) is 9.18 Å². The molecule has 6 aliphatic rings. The number of methoxy groups -OCH3 is 1. The van der Waals surface area contributed by atoms with Crippen LogP contribution >= 0.6 is 0 Å². The molecule has 9 atom stereocenters. The standard InChI is InChI=1S/C33H47FN4O9S/c1-5-28(43-4)24(34)9-11-25(37-33(40)47-30-19-12-22-23(30)17-45-31(22)44-16-19)27(39)15-38(14-18(2)3)48(41,42)21-8-10-26-29(13-21)46-32(36-26)35-20-6-7-20/h5,8-10,13,18-20,22-23,25-27,29-31,39H,6-7,11-12,14-17H2,1-4H3,(H,35,36)(H,37,40)/b24-9+,28-5+/t19?,22?,23?,25?,26?,27-,29?,30?,31?/m1/s1. The third-order valence-corrected chi connectivity index (χ3v) is 11.6. The number of hydrogen-bond donors (Lipinski definition) is 3. The molecule has 4 fully saturated rings. The predicted molar refractivity (Wildman–Crippen MR) is 173 cm³/mol. The van der Waals surface area contributed by atoms with Crippen LogP contribution in [0, 0.1) is 23.7 Å². The molecule has 0 radical (unpaired) electrons. The number of sulfonamides is 1. The van der Waals surface area contributed by atoms with Gasteiger partial charge in [-0.25, -0.2) is 22.6 Å². The van der Waals surface area contributed by atoms with Gasteiger partial charge in [0, 0.05) is 36.9 Å². The number of nitrogens with one attached hydrogen (secondary N) is 2. The summed E-state index contributed by atoms with van der Waals surface area (Å²) in [4.78, 5) is 17.9. The van der Waals surface area contributed by atoms with Crippen LogP contribution in [0.5, 0.6) is 0 Å². The number of hydrogen-bond acceptors (Lipinski definition) is 11. The van der Waals surface area contributed by atoms with Crippen LogP contribution in [-0.2, 0) is 33.7 Å². The second-order valence-corrected chi connectivity index (χ2v) is 15.7. The summed E-state index contributed by atoms with van der Waals surface area (Å²) in [5, 5.41) is 17.5. The molecule has 2 saturated heterocycles. The number of allylic oxidation sites excluding steroid dienone is 3. The third-order valence-electron chi connectivity index (χ3n) is 9.71. The summed E-state index contributed by atoms with van der Waals surface area (Å²) in [7, 11) is -2.79. The number of aliphatic hydroxyl groups is 1. The molecule has 0 spiro atoms. The van der Waals surface area contributed by atoms with E-state index in [0.717, 1.165) is 19.3 Å². The first-order chi connectivity index (χ1) is 23.0. The maximum Gasteiger partial charge on any atom is 0.407 e. The van der Waals surface area contributed by atoms with E-state index < -0.39 is 46.3 Å². The van der Waals surface area contributed by atoms with E-state index in [1.807, 2.05) is 13.8 Å². The smallest absolute Gasteiger partial charge is 0.407 e. The van der Waals surface area contributed by atoms with Gasteiger partial charge in [0.25, 0.3) is 6.02 Å². The molecule has 2 bridgehead atoms. The maximum atomic E-state index is 14.9. The largest absolute Gasteiger partial charge is 0.494 e. The zero-order chi connectivity index (χ0) is 34.2. The van der Waals surface area contributed by atoms with E-state index in [1.54, 1.807) is 13.0 Å². The van der Waals surface area contributed by atoms with Crippen molar-refractivity contribution in [2.75, 3.05) is 33.4 Å². The Labute approximate surface area is 281 Å². The number of aliphatic imine (C=N–C) groups is 1. The lowest BCUT2D eigenvalue weighted by atomic mass is 9.98. The maximum absolute atomic E-state index is 14.9. The molecular weight excluding hydrogens is 647 g/mol. The predicted octanol–water partition coefficient (Wildman–Crippen LogP) is 2.86. The zero-order valence-electron chi connectivity index (χ0n) is 27.8. The van der Waals surface area contributed by atoms with Crippen molar-refractivity contribution >= 4 is 22.1 Å². The van der Waals surface area contributed by atoms with Crippen molar-refractivity contribution in [1.29, 1.82) is 0 Å². The SMILES string of the molecule is C/C=C(OC)\C(F)=C/CC(NC(=O)OC1C2COC3OCC1C3C2)[C@H](O)CN(CC(C)C)S(=O)(=O)C1=CC2OC(NC3CC3)=NC2C=C1. The molecule has 8 unspecified atom stereocenters. The van der Waals surface area contributed by atoms with Gasteiger partial charge in [-0.2, -0.15) is 4.31 Å². The minimum Gasteiger partial charge on any atom is -0.494 e. The summed E-state index contributed by atoms with van der Waals surface area (Å²) >= 11 is 0. The topological polar surface area (TPSA) is 157 Å². The first kappa shape index (κ1) is 34.9. The highest BCUT2D eigenvalue weighted by Gasteiger charge is 2.56. The van der Waals surface area contributed by atoms with Crippen molar-refractivity contribution in [2.45, 2.75) is 89.2 Å². The minimum atomic E-state index is -4.12. The first-order valence-corrected chi connectivity index (χ1v) is 18.3. The molecule has 15 heteroatoms. The van der Waals surface area contributed by atoms with Gasteiger partial charge in [-0.15, -0.1) is 0 Å². The number of aliphatic hydroxyl groups excluding tert-OH is 1. The van der Waals surface area contributed by atoms with Crippen LogP contribution in [0.1, 0.15) is 46.5 Å². The van der Waals surface area contributed by atoms with Crippen molar-refractivity contribution < 1.29 is 46.4 Å². The first-order valence-electron chi connectivity index (χ1n) is 16.8. The average molecular weight is 695 g/mol. The average Bonchev–Trinajstić information content (AvgIpc) is 3.50. The second kappa shape index (κ2) is 14.5. The van der Waals surface area contributed by atoms with Crippen molar-refractivity contribution in [1.82, 2.24) is 14.9 Å². The van der Waals surface area contributed by atoms with Crippen LogP contribution in [0.3, 0.4) is 0 Å². The van der Waals surface area contributed by atoms with E-state index in [1.165, 1.54) is 35.7 Å². The molecule has 2 saturated carbocycles. The molecule has 3 aliphatic carbocycles. The lowest BCUT2D eigenvalue weighted by molar-refractivity contribution is -0.169. The van der Waals surface area contributed by atoms with Crippen LogP contribution < -0.4 is 10.6 Å². The summed E-state index contributed by atoms with van der Waals surface area (Å²) in [6, 6.07) is -0.695. The van der Waals surface area contributed by atoms with E-state index in [0.29, 0.717) is 25.3 Å². The van der Waals surface area contributed by atoms with Gasteiger partial charge in [-0.1, -0.05) is 19.9 Å². The molecule has 6 rings (SSSR count). The summed E-state index contributed by atoms with van der Waals surface area (Å²) in [5.41, 5.74) is 0. The Bertz CT molecular complexity index is 1480. The molecule has 0 aromatic carbocycles. The van der Waals surface area contributed by atoms with Gasteiger partial charge >= 0.3 is 6.09 Å². The fourth-order valence-corrected chi connectivity index (χ4v) is 8.80. The highest BCUT2D eigenvalue weighted by molar-refractivity contribution is 7.93. The zero-order valence-corrected chi connectivity index (χ0v) is 28.6. The van der Waals surface area contributed by atoms with E-state index in [-0.39, 0.29) is 66.2 Å². The second-order valence-electron chi connectivity index (χ2n) is 13.8. The van der Waals surface area contributed by atoms with E-state index in [9.17, 15) is 22.7 Å². The number of halogens is 1. The van der Waals surface area contributed by atoms with Crippen molar-refractivity contribution in [3.63, 3.8) is 0 Å². The molecule has 3 aliphatic heterocycles. The lowest BCUT2D eigenvalue weighted by Gasteiger charge is -2.32. The highest BCUT2D eigenvalue weighted by Crippen LogP contribution is 2.49. The number of amidine groups is 1. The van der Waals surface area contributed by atoms with E-state index in [2.05, 4.69) is 15.6 Å². The summed E-state index contributed by atoms with van der Waals surface area (Å²) in [6.45, 7) is 5.92. The van der Waals surface area contributed by atoms with Crippen LogP contribution in [0.2, 0.25) is 0 Å². The van der Waals surface area contributed by atoms with Gasteiger partial charge in [0.15, 0.2) is 12.1 Å². The quantitative estimate of drug-likeness (QED) is 0.183. The van der Waals surface area contributed by atoms with Gasteiger partial charge in [-0.05, 0) is 62.8 Å². The van der Waals surface area contributed by atoms with E-state index in [4.69, 9.17) is 23.7 Å². The number of amides is 1. The third kappa shape index (κ3) is 7.59. The molecule has 3 heterocycles. The Morgan fingerprint density at radius 3 is 2.71 bits per heavy atom. The number of ether oxygens (including phenoxy) is 5. The summed E-state index contributed by atoms with van der Waals surface area (Å²) in [6.07, 6.45) is 6.64. The molecule has 1 amide bonds. The van der Waals surface area contributed by atoms with E-state index >= 15 is 0 Å². The highest BCUT2D eigenvalue weighted by atomic mass is 32.2. The number of carbonyl (C=O) groups excluding carboxylic acids is 1.